The molecule has 0 aliphatic rings. The summed E-state index contributed by atoms with van der Waals surface area (Å²) in [5.41, 5.74) is 3.33. The average Bonchev–Trinajstić information content (AvgIpc) is 2.53. The highest BCUT2D eigenvalue weighted by Crippen LogP contribution is 2.35. The first kappa shape index (κ1) is 17.4. The Morgan fingerprint density at radius 3 is 2.30 bits per heavy atom. The Labute approximate surface area is 146 Å². The van der Waals surface area contributed by atoms with Crippen LogP contribution in [0.5, 0.6) is 5.75 Å². The van der Waals surface area contributed by atoms with Gasteiger partial charge in [-0.05, 0) is 42.7 Å². The third kappa shape index (κ3) is 4.51. The van der Waals surface area contributed by atoms with Gasteiger partial charge in [0.05, 0.1) is 28.3 Å². The number of rotatable bonds is 5. The van der Waals surface area contributed by atoms with Crippen molar-refractivity contribution in [1.29, 1.82) is 5.26 Å². The Morgan fingerprint density at radius 2 is 1.78 bits per heavy atom. The molecular weight excluding hydrogens is 329 g/mol. The first-order chi connectivity index (χ1) is 11.0. The highest BCUT2D eigenvalue weighted by atomic mass is 35.5. The maximum absolute atomic E-state index is 9.41. The number of hydrogen-bond donors (Lipinski definition) is 0. The second kappa shape index (κ2) is 8.06. The molecule has 0 atom stereocenters. The standard InChI is InChI=1S/C19H17Cl2NO/c1-3-8-23-19-17(20)10-14(11-18(19)21)9-16(12-22)15-6-4-13(2)5-7-15/h4-7,9-11H,3,8H2,1-2H3/b16-9+. The average molecular weight is 346 g/mol. The molecule has 0 spiro atoms. The number of benzene rings is 2. The Bertz CT molecular complexity index is 735. The predicted octanol–water partition coefficient (Wildman–Crippen LogP) is 6.15. The minimum atomic E-state index is 0.443. The quantitative estimate of drug-likeness (QED) is 0.480. The summed E-state index contributed by atoms with van der Waals surface area (Å²) < 4.78 is 5.55. The molecule has 2 aromatic carbocycles. The Kier molecular flexibility index (Phi) is 6.10. The number of aryl methyl sites for hydroxylation is 1. The van der Waals surface area contributed by atoms with Crippen molar-refractivity contribution in [2.24, 2.45) is 0 Å². The van der Waals surface area contributed by atoms with E-state index in [1.54, 1.807) is 18.2 Å². The van der Waals surface area contributed by atoms with Crippen molar-refractivity contribution >= 4 is 34.9 Å². The molecule has 2 rings (SSSR count). The molecule has 0 aliphatic carbocycles. The molecule has 0 radical (unpaired) electrons. The number of halogens is 2. The van der Waals surface area contributed by atoms with Gasteiger partial charge in [-0.3, -0.25) is 0 Å². The molecule has 2 aromatic rings. The summed E-state index contributed by atoms with van der Waals surface area (Å²) >= 11 is 12.5. The van der Waals surface area contributed by atoms with Gasteiger partial charge >= 0.3 is 0 Å². The molecule has 0 saturated carbocycles. The van der Waals surface area contributed by atoms with Gasteiger partial charge in [0.15, 0.2) is 5.75 Å². The van der Waals surface area contributed by atoms with Crippen LogP contribution in [0.2, 0.25) is 10.0 Å². The van der Waals surface area contributed by atoms with Crippen LogP contribution in [-0.2, 0) is 0 Å². The van der Waals surface area contributed by atoms with Crippen molar-refractivity contribution in [3.63, 3.8) is 0 Å². The van der Waals surface area contributed by atoms with Crippen LogP contribution in [0, 0.1) is 18.3 Å². The van der Waals surface area contributed by atoms with Crippen molar-refractivity contribution in [3.05, 3.63) is 63.1 Å². The molecule has 0 unspecified atom stereocenters. The number of nitrogens with zero attached hydrogens (tertiary/aromatic N) is 1. The highest BCUT2D eigenvalue weighted by Gasteiger charge is 2.10. The van der Waals surface area contributed by atoms with E-state index in [9.17, 15) is 5.26 Å². The lowest BCUT2D eigenvalue weighted by molar-refractivity contribution is 0.318. The van der Waals surface area contributed by atoms with Gasteiger partial charge in [-0.2, -0.15) is 5.26 Å². The minimum Gasteiger partial charge on any atom is -0.490 e. The van der Waals surface area contributed by atoms with Crippen LogP contribution < -0.4 is 4.74 Å². The molecule has 0 aromatic heterocycles. The minimum absolute atomic E-state index is 0.443. The molecule has 0 aliphatic heterocycles. The molecule has 0 N–H and O–H groups in total. The lowest BCUT2D eigenvalue weighted by Gasteiger charge is -2.10. The molecule has 118 valence electrons. The molecule has 4 heteroatoms. The van der Waals surface area contributed by atoms with Crippen molar-refractivity contribution in [2.75, 3.05) is 6.61 Å². The van der Waals surface area contributed by atoms with Crippen LogP contribution in [0.3, 0.4) is 0 Å². The monoisotopic (exact) mass is 345 g/mol. The highest BCUT2D eigenvalue weighted by molar-refractivity contribution is 6.37. The molecular formula is C19H17Cl2NO. The van der Waals surface area contributed by atoms with E-state index in [0.29, 0.717) is 28.0 Å². The lowest BCUT2D eigenvalue weighted by atomic mass is 10.0. The third-order valence-corrected chi connectivity index (χ3v) is 3.83. The fraction of sp³-hybridized carbons (Fsp3) is 0.211. The molecule has 2 nitrogen and oxygen atoms in total. The summed E-state index contributed by atoms with van der Waals surface area (Å²) in [7, 11) is 0. The van der Waals surface area contributed by atoms with E-state index < -0.39 is 0 Å². The molecule has 0 fully saturated rings. The smallest absolute Gasteiger partial charge is 0.156 e. The van der Waals surface area contributed by atoms with Gasteiger partial charge in [0.1, 0.15) is 0 Å². The largest absolute Gasteiger partial charge is 0.490 e. The molecule has 0 bridgehead atoms. The van der Waals surface area contributed by atoms with Crippen LogP contribution in [0.4, 0.5) is 0 Å². The summed E-state index contributed by atoms with van der Waals surface area (Å²) in [4.78, 5) is 0. The number of nitriles is 1. The van der Waals surface area contributed by atoms with Gasteiger partial charge in [-0.25, -0.2) is 0 Å². The first-order valence-corrected chi connectivity index (χ1v) is 8.11. The molecule has 0 saturated heterocycles. The number of allylic oxidation sites excluding steroid dienone is 1. The van der Waals surface area contributed by atoms with Crippen molar-refractivity contribution < 1.29 is 4.74 Å². The molecule has 0 heterocycles. The van der Waals surface area contributed by atoms with E-state index >= 15 is 0 Å². The Morgan fingerprint density at radius 1 is 1.17 bits per heavy atom. The summed E-state index contributed by atoms with van der Waals surface area (Å²) in [6, 6.07) is 13.5. The van der Waals surface area contributed by atoms with Crippen LogP contribution in [0.25, 0.3) is 11.6 Å². The number of hydrogen-bond acceptors (Lipinski definition) is 2. The van der Waals surface area contributed by atoms with E-state index in [4.69, 9.17) is 27.9 Å². The maximum Gasteiger partial charge on any atom is 0.156 e. The van der Waals surface area contributed by atoms with E-state index in [1.165, 1.54) is 0 Å². The van der Waals surface area contributed by atoms with Crippen LogP contribution in [0.1, 0.15) is 30.0 Å². The second-order valence-corrected chi connectivity index (χ2v) is 6.01. The van der Waals surface area contributed by atoms with Gasteiger partial charge in [-0.1, -0.05) is 60.0 Å². The summed E-state index contributed by atoms with van der Waals surface area (Å²) in [5.74, 6) is 0.487. The normalized spacial score (nSPS) is 11.2. The zero-order valence-corrected chi connectivity index (χ0v) is 14.6. The van der Waals surface area contributed by atoms with E-state index in [2.05, 4.69) is 6.07 Å². The fourth-order valence-corrected chi connectivity index (χ4v) is 2.70. The Balaban J connectivity index is 2.37. The lowest BCUT2D eigenvalue weighted by Crippen LogP contribution is -1.96. The SMILES string of the molecule is CCCOc1c(Cl)cc(/C=C(\C#N)c2ccc(C)cc2)cc1Cl. The van der Waals surface area contributed by atoms with E-state index in [1.807, 2.05) is 38.1 Å². The number of ether oxygens (including phenoxy) is 1. The zero-order chi connectivity index (χ0) is 16.8. The van der Waals surface area contributed by atoms with E-state index in [0.717, 1.165) is 23.1 Å². The fourth-order valence-electron chi connectivity index (χ4n) is 2.08. The van der Waals surface area contributed by atoms with Gasteiger partial charge in [-0.15, -0.1) is 0 Å². The van der Waals surface area contributed by atoms with Gasteiger partial charge in [0.25, 0.3) is 0 Å². The third-order valence-electron chi connectivity index (χ3n) is 3.27. The van der Waals surface area contributed by atoms with Crippen LogP contribution in [0.15, 0.2) is 36.4 Å². The zero-order valence-electron chi connectivity index (χ0n) is 13.1. The maximum atomic E-state index is 9.41. The first-order valence-electron chi connectivity index (χ1n) is 7.35. The van der Waals surface area contributed by atoms with Gasteiger partial charge in [0, 0.05) is 0 Å². The van der Waals surface area contributed by atoms with Crippen molar-refractivity contribution in [3.8, 4) is 11.8 Å². The second-order valence-electron chi connectivity index (χ2n) is 5.20. The molecule has 0 amide bonds. The summed E-state index contributed by atoms with van der Waals surface area (Å²) in [6.45, 7) is 4.58. The molecule has 23 heavy (non-hydrogen) atoms. The van der Waals surface area contributed by atoms with Gasteiger partial charge in [0.2, 0.25) is 0 Å². The van der Waals surface area contributed by atoms with Crippen molar-refractivity contribution in [2.45, 2.75) is 20.3 Å². The predicted molar refractivity (Wildman–Crippen MR) is 96.9 cm³/mol. The summed E-state index contributed by atoms with van der Waals surface area (Å²) in [5, 5.41) is 10.3. The van der Waals surface area contributed by atoms with Crippen LogP contribution in [-0.4, -0.2) is 6.61 Å². The topological polar surface area (TPSA) is 33.0 Å². The van der Waals surface area contributed by atoms with Gasteiger partial charge < -0.3 is 4.74 Å². The van der Waals surface area contributed by atoms with Crippen LogP contribution >= 0.6 is 23.2 Å². The van der Waals surface area contributed by atoms with E-state index in [-0.39, 0.29) is 0 Å². The summed E-state index contributed by atoms with van der Waals surface area (Å²) in [6.07, 6.45) is 2.65. The van der Waals surface area contributed by atoms with Crippen molar-refractivity contribution in [1.82, 2.24) is 0 Å². The Hall–Kier alpha value is -1.95.